The van der Waals surface area contributed by atoms with Crippen LogP contribution in [0.5, 0.6) is 5.75 Å². The normalized spacial score (nSPS) is 10.9. The molecule has 0 radical (unpaired) electrons. The minimum atomic E-state index is -0.629. The van der Waals surface area contributed by atoms with E-state index in [0.29, 0.717) is 16.7 Å². The average Bonchev–Trinajstić information content (AvgIpc) is 2.52. The second-order valence-electron chi connectivity index (χ2n) is 4.79. The van der Waals surface area contributed by atoms with Gasteiger partial charge in [0.15, 0.2) is 0 Å². The Balaban J connectivity index is 2.51. The summed E-state index contributed by atoms with van der Waals surface area (Å²) in [5, 5.41) is 0.472. The fraction of sp³-hybridized carbons (Fsp3) is 0.188. The molecule has 0 aliphatic rings. The number of ether oxygens (including phenoxy) is 2. The van der Waals surface area contributed by atoms with Gasteiger partial charge in [0.25, 0.3) is 0 Å². The summed E-state index contributed by atoms with van der Waals surface area (Å²) < 4.78 is 15.6. The standard InChI is InChI=1S/C16H13NO5/c1-8-4-12-11(7-17-8)15(18)14-10(16(19)21-3)5-9(20-2)6-13(14)22-12/h4-7H,1-3H3. The monoisotopic (exact) mass is 299 g/mol. The smallest absolute Gasteiger partial charge is 0.338 e. The van der Waals surface area contributed by atoms with E-state index in [4.69, 9.17) is 13.9 Å². The molecule has 3 aromatic rings. The largest absolute Gasteiger partial charge is 0.497 e. The van der Waals surface area contributed by atoms with Crippen LogP contribution in [-0.2, 0) is 4.74 Å². The van der Waals surface area contributed by atoms with Crippen LogP contribution in [0, 0.1) is 6.92 Å². The number of carbonyl (C=O) groups excluding carboxylic acids is 1. The third kappa shape index (κ3) is 2.09. The van der Waals surface area contributed by atoms with E-state index in [9.17, 15) is 9.59 Å². The summed E-state index contributed by atoms with van der Waals surface area (Å²) in [7, 11) is 2.72. The Labute approximate surface area is 125 Å². The van der Waals surface area contributed by atoms with Crippen LogP contribution < -0.4 is 10.2 Å². The van der Waals surface area contributed by atoms with Gasteiger partial charge in [0.05, 0.1) is 30.6 Å². The lowest BCUT2D eigenvalue weighted by Crippen LogP contribution is -2.11. The second-order valence-corrected chi connectivity index (χ2v) is 4.79. The van der Waals surface area contributed by atoms with Crippen LogP contribution in [0.1, 0.15) is 16.1 Å². The number of benzene rings is 1. The van der Waals surface area contributed by atoms with Gasteiger partial charge in [-0.1, -0.05) is 0 Å². The zero-order valence-electron chi connectivity index (χ0n) is 12.3. The van der Waals surface area contributed by atoms with Crippen molar-refractivity contribution in [3.05, 3.63) is 45.9 Å². The zero-order chi connectivity index (χ0) is 15.9. The first-order valence-electron chi connectivity index (χ1n) is 6.54. The van der Waals surface area contributed by atoms with Gasteiger partial charge < -0.3 is 13.9 Å². The molecule has 6 nitrogen and oxygen atoms in total. The first-order chi connectivity index (χ1) is 10.5. The van der Waals surface area contributed by atoms with Crippen molar-refractivity contribution < 1.29 is 18.7 Å². The third-order valence-electron chi connectivity index (χ3n) is 3.41. The van der Waals surface area contributed by atoms with Crippen LogP contribution in [0.4, 0.5) is 0 Å². The molecule has 0 spiro atoms. The fourth-order valence-corrected chi connectivity index (χ4v) is 2.34. The number of carbonyl (C=O) groups is 1. The van der Waals surface area contributed by atoms with E-state index >= 15 is 0 Å². The Morgan fingerprint density at radius 3 is 2.64 bits per heavy atom. The number of hydrogen-bond acceptors (Lipinski definition) is 6. The summed E-state index contributed by atoms with van der Waals surface area (Å²) in [5.41, 5.74) is 1.18. The SMILES string of the molecule is COC(=O)c1cc(OC)cc2oc3cc(C)ncc3c(=O)c12. The molecule has 112 valence electrons. The van der Waals surface area contributed by atoms with E-state index in [2.05, 4.69) is 4.98 Å². The minimum Gasteiger partial charge on any atom is -0.497 e. The number of methoxy groups -OCH3 is 2. The molecule has 1 aromatic carbocycles. The summed E-state index contributed by atoms with van der Waals surface area (Å²) in [6.45, 7) is 1.80. The van der Waals surface area contributed by atoms with Gasteiger partial charge in [0.2, 0.25) is 5.43 Å². The zero-order valence-corrected chi connectivity index (χ0v) is 12.3. The molecule has 0 bridgehead atoms. The quantitative estimate of drug-likeness (QED) is 0.534. The van der Waals surface area contributed by atoms with Gasteiger partial charge in [-0.25, -0.2) is 4.79 Å². The van der Waals surface area contributed by atoms with Crippen LogP contribution in [0.15, 0.2) is 33.6 Å². The van der Waals surface area contributed by atoms with Gasteiger partial charge in [-0.3, -0.25) is 9.78 Å². The first kappa shape index (κ1) is 14.1. The lowest BCUT2D eigenvalue weighted by atomic mass is 10.1. The molecule has 0 amide bonds. The summed E-state index contributed by atoms with van der Waals surface area (Å²) >= 11 is 0. The molecule has 0 N–H and O–H groups in total. The number of aryl methyl sites for hydroxylation is 1. The maximum Gasteiger partial charge on any atom is 0.338 e. The molecule has 2 aromatic heterocycles. The Kier molecular flexibility index (Phi) is 3.29. The van der Waals surface area contributed by atoms with E-state index in [1.807, 2.05) is 0 Å². The number of hydrogen-bond donors (Lipinski definition) is 0. The van der Waals surface area contributed by atoms with Gasteiger partial charge >= 0.3 is 5.97 Å². The van der Waals surface area contributed by atoms with Crippen LogP contribution >= 0.6 is 0 Å². The molecule has 0 fully saturated rings. The molecule has 6 heteroatoms. The van der Waals surface area contributed by atoms with Crippen molar-refractivity contribution in [2.45, 2.75) is 6.92 Å². The minimum absolute atomic E-state index is 0.105. The molecular weight excluding hydrogens is 286 g/mol. The predicted molar refractivity (Wildman–Crippen MR) is 80.4 cm³/mol. The van der Waals surface area contributed by atoms with E-state index < -0.39 is 5.97 Å². The third-order valence-corrected chi connectivity index (χ3v) is 3.41. The molecule has 0 aliphatic carbocycles. The van der Waals surface area contributed by atoms with Crippen molar-refractivity contribution in [2.75, 3.05) is 14.2 Å². The second kappa shape index (κ2) is 5.14. The molecule has 0 saturated carbocycles. The number of nitrogens with zero attached hydrogens (tertiary/aromatic N) is 1. The fourth-order valence-electron chi connectivity index (χ4n) is 2.34. The predicted octanol–water partition coefficient (Wildman–Crippen LogP) is 2.44. The maximum absolute atomic E-state index is 12.7. The molecule has 0 saturated heterocycles. The molecule has 0 atom stereocenters. The molecular formula is C16H13NO5. The number of pyridine rings is 1. The Morgan fingerprint density at radius 1 is 1.18 bits per heavy atom. The van der Waals surface area contributed by atoms with Crippen molar-refractivity contribution in [3.8, 4) is 5.75 Å². The molecule has 22 heavy (non-hydrogen) atoms. The maximum atomic E-state index is 12.7. The van der Waals surface area contributed by atoms with Crippen LogP contribution in [0.2, 0.25) is 0 Å². The van der Waals surface area contributed by atoms with E-state index in [1.165, 1.54) is 26.5 Å². The first-order valence-corrected chi connectivity index (χ1v) is 6.54. The van der Waals surface area contributed by atoms with Crippen LogP contribution in [0.3, 0.4) is 0 Å². The summed E-state index contributed by atoms with van der Waals surface area (Å²) in [6, 6.07) is 4.70. The molecule has 3 rings (SSSR count). The summed E-state index contributed by atoms with van der Waals surface area (Å²) in [5.74, 6) is -0.225. The Hall–Kier alpha value is -2.89. The number of fused-ring (bicyclic) bond motifs is 2. The topological polar surface area (TPSA) is 78.6 Å². The van der Waals surface area contributed by atoms with Crippen molar-refractivity contribution >= 4 is 27.9 Å². The highest BCUT2D eigenvalue weighted by molar-refractivity contribution is 6.06. The number of aromatic nitrogens is 1. The van der Waals surface area contributed by atoms with Gasteiger partial charge in [0, 0.05) is 24.0 Å². The molecule has 2 heterocycles. The average molecular weight is 299 g/mol. The van der Waals surface area contributed by atoms with E-state index in [-0.39, 0.29) is 22.0 Å². The van der Waals surface area contributed by atoms with Gasteiger partial charge in [-0.05, 0) is 13.0 Å². The van der Waals surface area contributed by atoms with Crippen molar-refractivity contribution in [1.29, 1.82) is 0 Å². The highest BCUT2D eigenvalue weighted by atomic mass is 16.5. The van der Waals surface area contributed by atoms with Crippen LogP contribution in [-0.4, -0.2) is 25.2 Å². The van der Waals surface area contributed by atoms with E-state index in [1.54, 1.807) is 19.1 Å². The molecule has 0 unspecified atom stereocenters. The highest BCUT2D eigenvalue weighted by Crippen LogP contribution is 2.27. The van der Waals surface area contributed by atoms with Gasteiger partial charge in [-0.15, -0.1) is 0 Å². The van der Waals surface area contributed by atoms with Crippen molar-refractivity contribution in [2.24, 2.45) is 0 Å². The lowest BCUT2D eigenvalue weighted by Gasteiger charge is -2.08. The van der Waals surface area contributed by atoms with E-state index in [0.717, 1.165) is 5.69 Å². The van der Waals surface area contributed by atoms with Crippen molar-refractivity contribution in [1.82, 2.24) is 4.98 Å². The Morgan fingerprint density at radius 2 is 1.95 bits per heavy atom. The Bertz CT molecular complexity index is 958. The van der Waals surface area contributed by atoms with Gasteiger partial charge in [-0.2, -0.15) is 0 Å². The van der Waals surface area contributed by atoms with Crippen LogP contribution in [0.25, 0.3) is 21.9 Å². The van der Waals surface area contributed by atoms with Crippen molar-refractivity contribution in [3.63, 3.8) is 0 Å². The summed E-state index contributed by atoms with van der Waals surface area (Å²) in [4.78, 5) is 28.8. The number of rotatable bonds is 2. The summed E-state index contributed by atoms with van der Waals surface area (Å²) in [6.07, 6.45) is 1.45. The molecule has 0 aliphatic heterocycles. The highest BCUT2D eigenvalue weighted by Gasteiger charge is 2.19. The number of esters is 1. The lowest BCUT2D eigenvalue weighted by molar-refractivity contribution is 0.0602. The van der Waals surface area contributed by atoms with Gasteiger partial charge in [0.1, 0.15) is 16.9 Å².